The van der Waals surface area contributed by atoms with Gasteiger partial charge in [0.15, 0.2) is 24.0 Å². The fraction of sp³-hybridized carbons (Fsp3) is 0.688. The lowest BCUT2D eigenvalue weighted by atomic mass is 10.1. The van der Waals surface area contributed by atoms with Gasteiger partial charge in [0.2, 0.25) is 11.7 Å². The molecule has 0 aromatic carbocycles. The van der Waals surface area contributed by atoms with Crippen LogP contribution in [0.15, 0.2) is 23.8 Å². The summed E-state index contributed by atoms with van der Waals surface area (Å²) < 4.78 is 114. The van der Waals surface area contributed by atoms with Gasteiger partial charge in [-0.25, -0.2) is 37.8 Å². The zero-order valence-electron chi connectivity index (χ0n) is 37.0. The van der Waals surface area contributed by atoms with Gasteiger partial charge in [0.1, 0.15) is 66.8 Å². The van der Waals surface area contributed by atoms with E-state index in [1.54, 1.807) is 27.8 Å². The number of aromatic nitrogens is 8. The van der Waals surface area contributed by atoms with Crippen LogP contribution in [0, 0.1) is 0 Å². The maximum absolute atomic E-state index is 13.6. The predicted octanol–water partition coefficient (Wildman–Crippen LogP) is -1.64. The van der Waals surface area contributed by atoms with Crippen molar-refractivity contribution in [2.45, 2.75) is 100 Å². The normalized spacial score (nSPS) is 32.1. The van der Waals surface area contributed by atoms with E-state index in [0.29, 0.717) is 5.82 Å². The minimum absolute atomic E-state index is 0.00374. The zero-order chi connectivity index (χ0) is 50.5. The Hall–Kier alpha value is -3.30. The highest BCUT2D eigenvalue weighted by Gasteiger charge is 2.53. The maximum Gasteiger partial charge on any atom is 0.490 e. The molecule has 4 aromatic rings. The third kappa shape index (κ3) is 11.8. The second kappa shape index (κ2) is 20.7. The number of hydrogen-bond donors (Lipinski definition) is 10. The van der Waals surface area contributed by atoms with Crippen LogP contribution in [0.1, 0.15) is 33.2 Å². The molecule has 3 aliphatic rings. The summed E-state index contributed by atoms with van der Waals surface area (Å²) in [6, 6.07) is 0. The molecule has 11 N–H and O–H groups in total. The van der Waals surface area contributed by atoms with Gasteiger partial charge in [0.05, 0.1) is 45.4 Å². The van der Waals surface area contributed by atoms with Gasteiger partial charge in [-0.3, -0.25) is 37.0 Å². The first-order valence-electron chi connectivity index (χ1n) is 20.4. The molecule has 0 bridgehead atoms. The molecule has 37 heteroatoms. The molecule has 0 radical (unpaired) electrons. The Bertz CT molecular complexity index is 2750. The molecule has 7 rings (SSSR count). The molecular formula is C32H51N10O23P4+. The van der Waals surface area contributed by atoms with Crippen molar-refractivity contribution in [3.8, 4) is 0 Å². The Morgan fingerprint density at radius 1 is 0.855 bits per heavy atom. The average molecular weight is 1070 g/mol. The second-order valence-electron chi connectivity index (χ2n) is 15.9. The van der Waals surface area contributed by atoms with E-state index in [4.69, 9.17) is 47.5 Å². The number of fused-ring (bicyclic) bond motifs is 2. The van der Waals surface area contributed by atoms with Gasteiger partial charge < -0.3 is 69.6 Å². The molecular weight excluding hydrogens is 1020 g/mol. The minimum Gasteiger partial charge on any atom is -0.388 e. The highest BCUT2D eigenvalue weighted by molar-refractivity contribution is 7.66. The number of ether oxygens (including phenoxy) is 5. The van der Waals surface area contributed by atoms with E-state index in [1.165, 1.54) is 35.2 Å². The van der Waals surface area contributed by atoms with Crippen molar-refractivity contribution >= 4 is 65.4 Å². The predicted molar refractivity (Wildman–Crippen MR) is 226 cm³/mol. The summed E-state index contributed by atoms with van der Waals surface area (Å²) in [5, 5.41) is 34.9. The van der Waals surface area contributed by atoms with Gasteiger partial charge in [-0.05, 0) is 20.8 Å². The molecule has 69 heavy (non-hydrogen) atoms. The molecule has 33 nitrogen and oxygen atoms in total. The molecule has 0 saturated carbocycles. The van der Waals surface area contributed by atoms with Crippen LogP contribution in [0.2, 0.25) is 0 Å². The maximum atomic E-state index is 13.6. The Balaban J connectivity index is 1.02. The van der Waals surface area contributed by atoms with Gasteiger partial charge in [0.25, 0.3) is 11.5 Å². The number of H-pyrrole nitrogens is 1. The van der Waals surface area contributed by atoms with Crippen molar-refractivity contribution in [1.29, 1.82) is 0 Å². The van der Waals surface area contributed by atoms with Crippen molar-refractivity contribution in [3.63, 3.8) is 0 Å². The number of nitrogen functional groups attached to an aromatic ring is 1. The van der Waals surface area contributed by atoms with E-state index in [9.17, 15) is 57.9 Å². The highest BCUT2D eigenvalue weighted by atomic mass is 31.3. The highest BCUT2D eigenvalue weighted by Crippen LogP contribution is 2.68. The van der Waals surface area contributed by atoms with Crippen molar-refractivity contribution in [2.75, 3.05) is 45.0 Å². The van der Waals surface area contributed by atoms with E-state index in [-0.39, 0.29) is 34.4 Å². The standard InChI is InChI=1S/C32H50N10O23P4/c1-13(2)59-23-16(60-14(3)20(23)43)8-56-66(47,48)63-24-17(62-31(25(24)55-6)41-11-37-18-26(34-4)35-10-36-27(18)41)9-58-68(51,52)65-69(53,54)64-67(49,50)57-7-15-21(44)22(45)30(61-15)42-12-40(5)19-28(42)38-32(33)39-29(19)46/h10-17,20-25,30-31,43-45H,7-9H2,1-6H3,(H7-,33,34,35,36,38,39,46,47,48,49,50,51,52,53,54)/p+1/t14-,15+,16+,17+,20?,21-,22?,23-,24-,25?,30+,31+/m0/s1. The van der Waals surface area contributed by atoms with E-state index in [2.05, 4.69) is 38.9 Å². The largest absolute Gasteiger partial charge is 0.490 e. The number of aliphatic hydroxyl groups is 3. The number of nitrogens with two attached hydrogens (primary N) is 1. The Morgan fingerprint density at radius 3 is 2.10 bits per heavy atom. The third-order valence-electron chi connectivity index (χ3n) is 10.7. The van der Waals surface area contributed by atoms with Crippen LogP contribution in [0.25, 0.3) is 22.3 Å². The first kappa shape index (κ1) is 53.5. The van der Waals surface area contributed by atoms with Crippen LogP contribution in [0.3, 0.4) is 0 Å². The minimum atomic E-state index is -6.14. The molecule has 7 unspecified atom stereocenters. The van der Waals surface area contributed by atoms with E-state index in [1.807, 2.05) is 0 Å². The summed E-state index contributed by atoms with van der Waals surface area (Å²) in [7, 11) is -18.8. The third-order valence-corrected chi connectivity index (χ3v) is 15.9. The van der Waals surface area contributed by atoms with Crippen LogP contribution >= 0.6 is 31.3 Å². The molecule has 4 aromatic heterocycles. The van der Waals surface area contributed by atoms with Crippen LogP contribution < -0.4 is 21.2 Å². The van der Waals surface area contributed by atoms with Gasteiger partial charge in [-0.2, -0.15) is 8.62 Å². The summed E-state index contributed by atoms with van der Waals surface area (Å²) in [4.78, 5) is 73.6. The molecule has 0 aliphatic carbocycles. The molecule has 3 aliphatic heterocycles. The number of methoxy groups -OCH3 is 1. The quantitative estimate of drug-likeness (QED) is 0.0330. The Kier molecular flexibility index (Phi) is 16.0. The average Bonchev–Trinajstić information content (AvgIpc) is 4.04. The number of aliphatic hydroxyl groups excluding tert-OH is 3. The lowest BCUT2D eigenvalue weighted by Crippen LogP contribution is -2.46. The molecule has 386 valence electrons. The molecule has 3 fully saturated rings. The first-order valence-corrected chi connectivity index (χ1v) is 26.4. The summed E-state index contributed by atoms with van der Waals surface area (Å²) in [6.07, 6.45) is -13.6. The van der Waals surface area contributed by atoms with Crippen LogP contribution in [-0.4, -0.2) is 170 Å². The van der Waals surface area contributed by atoms with Gasteiger partial charge >= 0.3 is 36.9 Å². The van der Waals surface area contributed by atoms with E-state index >= 15 is 0 Å². The molecule has 7 heterocycles. The van der Waals surface area contributed by atoms with Crippen molar-refractivity contribution in [1.82, 2.24) is 34.1 Å². The zero-order valence-corrected chi connectivity index (χ0v) is 40.6. The lowest BCUT2D eigenvalue weighted by molar-refractivity contribution is -0.745. The van der Waals surface area contributed by atoms with Gasteiger partial charge in [0, 0.05) is 14.2 Å². The fourth-order valence-corrected chi connectivity index (χ4v) is 12.2. The number of nitrogens with zero attached hydrogens (tertiary/aromatic N) is 7. The van der Waals surface area contributed by atoms with Gasteiger partial charge in [-0.15, -0.1) is 0 Å². The van der Waals surface area contributed by atoms with Gasteiger partial charge in [-0.1, -0.05) is 4.98 Å². The number of phosphoric ester groups is 3. The van der Waals surface area contributed by atoms with E-state index < -0.39 is 130 Å². The lowest BCUT2D eigenvalue weighted by Gasteiger charge is -2.27. The number of phosphoric acid groups is 4. The Labute approximate surface area is 388 Å². The van der Waals surface area contributed by atoms with Crippen molar-refractivity contribution < 1.29 is 108 Å². The van der Waals surface area contributed by atoms with Crippen molar-refractivity contribution in [3.05, 3.63) is 29.3 Å². The number of rotatable bonds is 21. The Morgan fingerprint density at radius 2 is 1.48 bits per heavy atom. The number of aryl methyl sites for hydroxylation is 1. The monoisotopic (exact) mass is 1070 g/mol. The number of anilines is 2. The summed E-state index contributed by atoms with van der Waals surface area (Å²) in [5.74, 6) is 0.00222. The first-order chi connectivity index (χ1) is 32.2. The van der Waals surface area contributed by atoms with Crippen molar-refractivity contribution in [2.24, 2.45) is 7.05 Å². The molecule has 16 atom stereocenters. The van der Waals surface area contributed by atoms with Crippen LogP contribution in [0.5, 0.6) is 0 Å². The number of imidazole rings is 2. The fourth-order valence-electron chi connectivity index (χ4n) is 7.76. The summed E-state index contributed by atoms with van der Waals surface area (Å²) >= 11 is 0. The number of hydrogen-bond acceptors (Lipinski definition) is 25. The topological polar surface area (TPSA) is 448 Å². The molecule has 0 amide bonds. The molecule has 0 spiro atoms. The SMILES string of the molecule is CNc1ncnc2c1ncn2[C@@H]1O[C@H](COP(=O)(O)OP(=O)(O)OP(=O)(O)OC[C@H]2O[C@@H]([n+]3cn(C)c4c(=O)[nH]c(N)nc43)C(O)[C@H]2O)[C@H](OP(=O)(O)OC[C@H]2O[C@@H](C)C(O)[C@H]2OC(C)C)C1OC. The molecule has 3 saturated heterocycles. The van der Waals surface area contributed by atoms with Crippen LogP contribution in [-0.2, 0) is 75.7 Å². The summed E-state index contributed by atoms with van der Waals surface area (Å²) in [5.41, 5.74) is 5.31. The smallest absolute Gasteiger partial charge is 0.388 e. The second-order valence-corrected chi connectivity index (χ2v) is 21.9. The van der Waals surface area contributed by atoms with E-state index in [0.717, 1.165) is 11.7 Å². The number of aromatic amines is 1. The van der Waals surface area contributed by atoms with Crippen LogP contribution in [0.4, 0.5) is 11.8 Å². The summed E-state index contributed by atoms with van der Waals surface area (Å²) in [6.45, 7) is 2.03. The number of nitrogens with one attached hydrogen (secondary N) is 2.